The highest BCUT2D eigenvalue weighted by molar-refractivity contribution is 6.38. The smallest absolute Gasteiger partial charge is 0.449 e. The van der Waals surface area contributed by atoms with Gasteiger partial charge >= 0.3 is 18.1 Å². The SMILES string of the molecule is CCOC(=O)n1c(=NC(F)(F)F)oc2cc(Cl)cc(Cl)c21. The van der Waals surface area contributed by atoms with Gasteiger partial charge in [0.25, 0.3) is 0 Å². The van der Waals surface area contributed by atoms with Crippen LogP contribution in [0.2, 0.25) is 10.0 Å². The summed E-state index contributed by atoms with van der Waals surface area (Å²) in [5, 5.41) is 0.0637. The lowest BCUT2D eigenvalue weighted by molar-refractivity contribution is -0.125. The quantitative estimate of drug-likeness (QED) is 0.737. The third kappa shape index (κ3) is 3.33. The van der Waals surface area contributed by atoms with E-state index in [4.69, 9.17) is 27.6 Å². The first-order valence-electron chi connectivity index (χ1n) is 5.53. The molecule has 2 aromatic rings. The number of halogens is 5. The molecule has 0 saturated heterocycles. The van der Waals surface area contributed by atoms with Gasteiger partial charge in [0.15, 0.2) is 5.58 Å². The van der Waals surface area contributed by atoms with E-state index >= 15 is 0 Å². The van der Waals surface area contributed by atoms with Crippen LogP contribution in [0, 0.1) is 0 Å². The number of carbonyl (C=O) groups excluding carboxylic acids is 1. The summed E-state index contributed by atoms with van der Waals surface area (Å²) in [5.74, 6) is 0. The molecule has 0 saturated carbocycles. The summed E-state index contributed by atoms with van der Waals surface area (Å²) in [4.78, 5) is 14.2. The van der Waals surface area contributed by atoms with E-state index in [0.29, 0.717) is 4.57 Å². The summed E-state index contributed by atoms with van der Waals surface area (Å²) in [7, 11) is 0. The van der Waals surface area contributed by atoms with Gasteiger partial charge in [0, 0.05) is 11.1 Å². The molecule has 1 heterocycles. The van der Waals surface area contributed by atoms with Gasteiger partial charge in [-0.15, -0.1) is 18.2 Å². The molecule has 2 rings (SSSR count). The van der Waals surface area contributed by atoms with Gasteiger partial charge in [-0.2, -0.15) is 4.57 Å². The summed E-state index contributed by atoms with van der Waals surface area (Å²) >= 11 is 11.6. The Morgan fingerprint density at radius 3 is 2.67 bits per heavy atom. The van der Waals surface area contributed by atoms with E-state index in [0.717, 1.165) is 0 Å². The first kappa shape index (κ1) is 15.7. The zero-order valence-corrected chi connectivity index (χ0v) is 11.9. The number of ether oxygens (including phenoxy) is 1. The number of nitrogens with zero attached hydrogens (tertiary/aromatic N) is 2. The second-order valence-corrected chi connectivity index (χ2v) is 4.58. The summed E-state index contributed by atoms with van der Waals surface area (Å²) in [6.07, 6.45) is -6.03. The first-order valence-corrected chi connectivity index (χ1v) is 6.29. The third-order valence-electron chi connectivity index (χ3n) is 2.28. The van der Waals surface area contributed by atoms with Gasteiger partial charge in [-0.05, 0) is 13.0 Å². The van der Waals surface area contributed by atoms with E-state index in [9.17, 15) is 18.0 Å². The number of alkyl halides is 3. The van der Waals surface area contributed by atoms with Crippen LogP contribution >= 0.6 is 23.2 Å². The highest BCUT2D eigenvalue weighted by Gasteiger charge is 2.29. The van der Waals surface area contributed by atoms with Crippen LogP contribution in [-0.4, -0.2) is 23.6 Å². The molecule has 5 nitrogen and oxygen atoms in total. The van der Waals surface area contributed by atoms with Gasteiger partial charge in [-0.25, -0.2) is 4.79 Å². The highest BCUT2D eigenvalue weighted by atomic mass is 35.5. The number of oxazole rings is 1. The van der Waals surface area contributed by atoms with Crippen LogP contribution < -0.4 is 5.68 Å². The van der Waals surface area contributed by atoms with Gasteiger partial charge < -0.3 is 9.15 Å². The molecule has 114 valence electrons. The minimum atomic E-state index is -4.93. The minimum absolute atomic E-state index is 0.0465. The molecule has 0 amide bonds. The maximum Gasteiger partial charge on any atom is 0.507 e. The Morgan fingerprint density at radius 1 is 1.43 bits per heavy atom. The minimum Gasteiger partial charge on any atom is -0.449 e. The molecule has 0 spiro atoms. The molecule has 10 heteroatoms. The maximum atomic E-state index is 12.4. The molecule has 0 radical (unpaired) electrons. The van der Waals surface area contributed by atoms with Crippen molar-refractivity contribution in [3.05, 3.63) is 27.9 Å². The van der Waals surface area contributed by atoms with Crippen molar-refractivity contribution in [2.24, 2.45) is 4.99 Å². The molecule has 1 aromatic carbocycles. The Balaban J connectivity index is 2.85. The van der Waals surface area contributed by atoms with Crippen molar-refractivity contribution < 1.29 is 27.1 Å². The average molecular weight is 343 g/mol. The molecule has 0 bridgehead atoms. The topological polar surface area (TPSA) is 56.7 Å². The molecule has 21 heavy (non-hydrogen) atoms. The molecule has 0 atom stereocenters. The van der Waals surface area contributed by atoms with Crippen molar-refractivity contribution in [2.75, 3.05) is 6.61 Å². The zero-order chi connectivity index (χ0) is 15.8. The Hall–Kier alpha value is -1.67. The molecular formula is C11H7Cl2F3N2O3. The second kappa shape index (κ2) is 5.61. The summed E-state index contributed by atoms with van der Waals surface area (Å²) in [6, 6.07) is 2.47. The van der Waals surface area contributed by atoms with Crippen LogP contribution in [0.3, 0.4) is 0 Å². The van der Waals surface area contributed by atoms with E-state index in [2.05, 4.69) is 9.73 Å². The molecular weight excluding hydrogens is 336 g/mol. The number of fused-ring (bicyclic) bond motifs is 1. The standard InChI is InChI=1S/C11H7Cl2F3N2O3/c1-2-20-10(19)18-8-6(13)3-5(12)4-7(8)21-9(18)17-11(14,15)16/h3-4H,2H2,1H3. The van der Waals surface area contributed by atoms with Crippen LogP contribution in [0.1, 0.15) is 6.92 Å². The van der Waals surface area contributed by atoms with Crippen molar-refractivity contribution in [3.8, 4) is 0 Å². The summed E-state index contributed by atoms with van der Waals surface area (Å²) < 4.78 is 47.4. The summed E-state index contributed by atoms with van der Waals surface area (Å²) in [5.41, 5.74) is -1.23. The van der Waals surface area contributed by atoms with Crippen LogP contribution in [0.15, 0.2) is 21.5 Å². The number of aromatic nitrogens is 1. The number of rotatable bonds is 1. The predicted molar refractivity (Wildman–Crippen MR) is 68.3 cm³/mol. The van der Waals surface area contributed by atoms with Crippen LogP contribution in [-0.2, 0) is 4.74 Å². The van der Waals surface area contributed by atoms with Crippen molar-refractivity contribution in [1.29, 1.82) is 0 Å². The van der Waals surface area contributed by atoms with Crippen LogP contribution in [0.25, 0.3) is 11.1 Å². The highest BCUT2D eigenvalue weighted by Crippen LogP contribution is 2.28. The van der Waals surface area contributed by atoms with E-state index in [-0.39, 0.29) is 27.8 Å². The van der Waals surface area contributed by atoms with Gasteiger partial charge in [-0.3, -0.25) is 0 Å². The van der Waals surface area contributed by atoms with Crippen molar-refractivity contribution in [2.45, 2.75) is 13.2 Å². The van der Waals surface area contributed by atoms with Crippen LogP contribution in [0.5, 0.6) is 0 Å². The van der Waals surface area contributed by atoms with Gasteiger partial charge in [-0.1, -0.05) is 23.2 Å². The second-order valence-electron chi connectivity index (χ2n) is 3.73. The van der Waals surface area contributed by atoms with Crippen molar-refractivity contribution in [1.82, 2.24) is 4.57 Å². The van der Waals surface area contributed by atoms with Crippen molar-refractivity contribution in [3.63, 3.8) is 0 Å². The third-order valence-corrected chi connectivity index (χ3v) is 2.79. The van der Waals surface area contributed by atoms with E-state index in [1.54, 1.807) is 0 Å². The van der Waals surface area contributed by atoms with E-state index in [1.165, 1.54) is 19.1 Å². The number of hydrogen-bond donors (Lipinski definition) is 0. The fourth-order valence-corrected chi connectivity index (χ4v) is 2.17. The van der Waals surface area contributed by atoms with Crippen LogP contribution in [0.4, 0.5) is 18.0 Å². The lowest BCUT2D eigenvalue weighted by Crippen LogP contribution is -2.27. The number of carbonyl (C=O) groups is 1. The Kier molecular flexibility index (Phi) is 4.20. The first-order chi connectivity index (χ1) is 9.73. The molecule has 0 fully saturated rings. The fraction of sp³-hybridized carbons (Fsp3) is 0.273. The monoisotopic (exact) mass is 342 g/mol. The number of hydrogen-bond acceptors (Lipinski definition) is 4. The lowest BCUT2D eigenvalue weighted by atomic mass is 10.3. The molecule has 0 N–H and O–H groups in total. The van der Waals surface area contributed by atoms with Gasteiger partial charge in [0.1, 0.15) is 5.52 Å². The van der Waals surface area contributed by atoms with E-state index < -0.39 is 18.1 Å². The largest absolute Gasteiger partial charge is 0.507 e. The molecule has 1 aromatic heterocycles. The van der Waals surface area contributed by atoms with Crippen molar-refractivity contribution >= 4 is 40.4 Å². The molecule has 0 aliphatic rings. The normalized spacial score (nSPS) is 13.0. The Morgan fingerprint density at radius 2 is 2.10 bits per heavy atom. The molecule has 0 unspecified atom stereocenters. The Labute approximate surface area is 125 Å². The number of benzene rings is 1. The predicted octanol–water partition coefficient (Wildman–Crippen LogP) is 3.97. The maximum absolute atomic E-state index is 12.4. The van der Waals surface area contributed by atoms with E-state index in [1.807, 2.05) is 0 Å². The average Bonchev–Trinajstić information content (AvgIpc) is 2.64. The zero-order valence-electron chi connectivity index (χ0n) is 10.4. The Bertz CT molecular complexity index is 764. The fourth-order valence-electron chi connectivity index (χ4n) is 1.62. The van der Waals surface area contributed by atoms with Gasteiger partial charge in [0.2, 0.25) is 0 Å². The lowest BCUT2D eigenvalue weighted by Gasteiger charge is -2.04. The molecule has 0 aliphatic carbocycles. The molecule has 0 aliphatic heterocycles. The summed E-state index contributed by atoms with van der Waals surface area (Å²) in [6.45, 7) is 1.45. The van der Waals surface area contributed by atoms with Gasteiger partial charge in [0.05, 0.1) is 11.6 Å².